The highest BCUT2D eigenvalue weighted by Gasteiger charge is 2.07. The molecule has 0 fully saturated rings. The van der Waals surface area contributed by atoms with E-state index in [2.05, 4.69) is 10.2 Å². The third-order valence-electron chi connectivity index (χ3n) is 2.09. The van der Waals surface area contributed by atoms with Gasteiger partial charge in [-0.05, 0) is 18.2 Å². The second-order valence-electron chi connectivity index (χ2n) is 3.12. The Morgan fingerprint density at radius 2 is 2.27 bits per heavy atom. The third-order valence-corrected chi connectivity index (χ3v) is 2.09. The number of hydrogen-bond donors (Lipinski definition) is 0. The van der Waals surface area contributed by atoms with Crippen LogP contribution in [-0.2, 0) is 7.05 Å². The van der Waals surface area contributed by atoms with E-state index in [-0.39, 0.29) is 5.56 Å². The van der Waals surface area contributed by atoms with Crippen molar-refractivity contribution in [3.05, 3.63) is 35.9 Å². The van der Waals surface area contributed by atoms with Crippen LogP contribution in [-0.4, -0.2) is 21.1 Å². The lowest BCUT2D eigenvalue weighted by Gasteiger charge is -2.01. The molecule has 1 aromatic heterocycles. The standard InChI is InChI=1S/C10H8FN3O/c1-14-6-12-13-10(14)7-2-3-9(11)8(4-7)5-15/h2-6H,1H3. The second-order valence-corrected chi connectivity index (χ2v) is 3.12. The zero-order valence-corrected chi connectivity index (χ0v) is 8.01. The predicted molar refractivity (Wildman–Crippen MR) is 51.8 cm³/mol. The summed E-state index contributed by atoms with van der Waals surface area (Å²) < 4.78 is 14.7. The molecule has 0 atom stereocenters. The summed E-state index contributed by atoms with van der Waals surface area (Å²) in [5.74, 6) is 0.0639. The van der Waals surface area contributed by atoms with Crippen molar-refractivity contribution in [3.8, 4) is 11.4 Å². The summed E-state index contributed by atoms with van der Waals surface area (Å²) in [7, 11) is 1.78. The Hall–Kier alpha value is -2.04. The van der Waals surface area contributed by atoms with Gasteiger partial charge in [0.2, 0.25) is 0 Å². The summed E-state index contributed by atoms with van der Waals surface area (Å²) in [5, 5.41) is 7.57. The Morgan fingerprint density at radius 1 is 1.47 bits per heavy atom. The number of aryl methyl sites for hydroxylation is 1. The van der Waals surface area contributed by atoms with Crippen molar-refractivity contribution < 1.29 is 9.18 Å². The van der Waals surface area contributed by atoms with Crippen LogP contribution in [0.1, 0.15) is 10.4 Å². The van der Waals surface area contributed by atoms with Gasteiger partial charge >= 0.3 is 0 Å². The minimum absolute atomic E-state index is 0.0236. The first kappa shape index (κ1) is 9.51. The van der Waals surface area contributed by atoms with Crippen LogP contribution in [0.3, 0.4) is 0 Å². The fourth-order valence-corrected chi connectivity index (χ4v) is 1.32. The first-order valence-electron chi connectivity index (χ1n) is 4.31. The van der Waals surface area contributed by atoms with Crippen LogP contribution in [0.4, 0.5) is 4.39 Å². The molecule has 1 aromatic carbocycles. The van der Waals surface area contributed by atoms with Gasteiger partial charge < -0.3 is 4.57 Å². The summed E-state index contributed by atoms with van der Waals surface area (Å²) in [5.41, 5.74) is 0.689. The maximum atomic E-state index is 13.0. The highest BCUT2D eigenvalue weighted by atomic mass is 19.1. The van der Waals surface area contributed by atoms with Crippen LogP contribution in [0.2, 0.25) is 0 Å². The normalized spacial score (nSPS) is 10.3. The third kappa shape index (κ3) is 1.63. The molecule has 0 saturated heterocycles. The van der Waals surface area contributed by atoms with Gasteiger partial charge in [0.1, 0.15) is 12.1 Å². The first-order valence-corrected chi connectivity index (χ1v) is 4.31. The van der Waals surface area contributed by atoms with E-state index in [9.17, 15) is 9.18 Å². The van der Waals surface area contributed by atoms with Crippen molar-refractivity contribution >= 4 is 6.29 Å². The molecule has 76 valence electrons. The van der Waals surface area contributed by atoms with Crippen LogP contribution in [0.25, 0.3) is 11.4 Å². The van der Waals surface area contributed by atoms with Crippen LogP contribution in [0.5, 0.6) is 0 Å². The Bertz CT molecular complexity index is 507. The average Bonchev–Trinajstić information content (AvgIpc) is 2.65. The quantitative estimate of drug-likeness (QED) is 0.697. The zero-order chi connectivity index (χ0) is 10.8. The topological polar surface area (TPSA) is 47.8 Å². The summed E-state index contributed by atoms with van der Waals surface area (Å²) >= 11 is 0. The van der Waals surface area contributed by atoms with Crippen LogP contribution in [0, 0.1) is 5.82 Å². The average molecular weight is 205 g/mol. The predicted octanol–water partition coefficient (Wildman–Crippen LogP) is 1.43. The van der Waals surface area contributed by atoms with E-state index in [0.717, 1.165) is 0 Å². The minimum Gasteiger partial charge on any atom is -0.317 e. The molecule has 2 rings (SSSR count). The van der Waals surface area contributed by atoms with Gasteiger partial charge in [0.05, 0.1) is 5.56 Å². The van der Waals surface area contributed by atoms with Crippen molar-refractivity contribution in [2.45, 2.75) is 0 Å². The Morgan fingerprint density at radius 3 is 2.87 bits per heavy atom. The molecule has 1 heterocycles. The number of aldehydes is 1. The number of rotatable bonds is 2. The fraction of sp³-hybridized carbons (Fsp3) is 0.100. The number of carbonyl (C=O) groups excluding carboxylic acids is 1. The molecule has 0 amide bonds. The van der Waals surface area contributed by atoms with Gasteiger partial charge in [-0.2, -0.15) is 0 Å². The van der Waals surface area contributed by atoms with Gasteiger partial charge in [0.15, 0.2) is 12.1 Å². The van der Waals surface area contributed by atoms with Crippen LogP contribution >= 0.6 is 0 Å². The lowest BCUT2D eigenvalue weighted by atomic mass is 10.1. The van der Waals surface area contributed by atoms with Crippen molar-refractivity contribution in [3.63, 3.8) is 0 Å². The fourth-order valence-electron chi connectivity index (χ4n) is 1.32. The van der Waals surface area contributed by atoms with E-state index in [1.54, 1.807) is 24.0 Å². The second kappa shape index (κ2) is 3.61. The molecule has 0 radical (unpaired) electrons. The van der Waals surface area contributed by atoms with Gasteiger partial charge in [-0.3, -0.25) is 4.79 Å². The molecule has 0 unspecified atom stereocenters. The largest absolute Gasteiger partial charge is 0.317 e. The number of aromatic nitrogens is 3. The molecule has 5 heteroatoms. The highest BCUT2D eigenvalue weighted by Crippen LogP contribution is 2.18. The van der Waals surface area contributed by atoms with Gasteiger partial charge in [-0.15, -0.1) is 10.2 Å². The van der Waals surface area contributed by atoms with E-state index in [4.69, 9.17) is 0 Å². The molecule has 0 aliphatic carbocycles. The highest BCUT2D eigenvalue weighted by molar-refractivity contribution is 5.78. The molecule has 15 heavy (non-hydrogen) atoms. The van der Waals surface area contributed by atoms with Gasteiger partial charge in [-0.1, -0.05) is 0 Å². The number of benzene rings is 1. The van der Waals surface area contributed by atoms with Crippen molar-refractivity contribution in [2.75, 3.05) is 0 Å². The van der Waals surface area contributed by atoms with Gasteiger partial charge in [0, 0.05) is 12.6 Å². The van der Waals surface area contributed by atoms with Gasteiger partial charge in [-0.25, -0.2) is 4.39 Å². The molecule has 0 N–H and O–H groups in total. The van der Waals surface area contributed by atoms with Crippen molar-refractivity contribution in [1.82, 2.24) is 14.8 Å². The molecular formula is C10H8FN3O. The summed E-state index contributed by atoms with van der Waals surface area (Å²) in [4.78, 5) is 10.6. The molecular weight excluding hydrogens is 197 g/mol. The first-order chi connectivity index (χ1) is 7.22. The van der Waals surface area contributed by atoms with E-state index in [0.29, 0.717) is 17.7 Å². The summed E-state index contributed by atoms with van der Waals surface area (Å²) in [6.45, 7) is 0. The van der Waals surface area contributed by atoms with E-state index < -0.39 is 5.82 Å². The van der Waals surface area contributed by atoms with Crippen LogP contribution < -0.4 is 0 Å². The monoisotopic (exact) mass is 205 g/mol. The number of halogens is 1. The molecule has 0 aliphatic rings. The number of nitrogens with zero attached hydrogens (tertiary/aromatic N) is 3. The van der Waals surface area contributed by atoms with Crippen molar-refractivity contribution in [2.24, 2.45) is 7.05 Å². The molecule has 0 bridgehead atoms. The maximum Gasteiger partial charge on any atom is 0.163 e. The smallest absolute Gasteiger partial charge is 0.163 e. The Kier molecular flexibility index (Phi) is 2.29. The maximum absolute atomic E-state index is 13.0. The Balaban J connectivity index is 2.55. The molecule has 0 aliphatic heterocycles. The van der Waals surface area contributed by atoms with E-state index in [1.807, 2.05) is 0 Å². The summed E-state index contributed by atoms with van der Waals surface area (Å²) in [6.07, 6.45) is 2.02. The minimum atomic E-state index is -0.532. The number of hydrogen-bond acceptors (Lipinski definition) is 3. The molecule has 0 spiro atoms. The van der Waals surface area contributed by atoms with E-state index in [1.165, 1.54) is 12.1 Å². The molecule has 4 nitrogen and oxygen atoms in total. The van der Waals surface area contributed by atoms with Crippen molar-refractivity contribution in [1.29, 1.82) is 0 Å². The Labute approximate surface area is 85.4 Å². The molecule has 0 saturated carbocycles. The lowest BCUT2D eigenvalue weighted by Crippen LogP contribution is -1.94. The summed E-state index contributed by atoms with van der Waals surface area (Å²) in [6, 6.07) is 4.26. The SMILES string of the molecule is Cn1cnnc1-c1ccc(F)c(C=O)c1. The number of carbonyl (C=O) groups is 1. The molecule has 2 aromatic rings. The van der Waals surface area contributed by atoms with Gasteiger partial charge in [0.25, 0.3) is 0 Å². The van der Waals surface area contributed by atoms with Crippen LogP contribution in [0.15, 0.2) is 24.5 Å². The lowest BCUT2D eigenvalue weighted by molar-refractivity contribution is 0.112. The van der Waals surface area contributed by atoms with E-state index >= 15 is 0 Å². The zero-order valence-electron chi connectivity index (χ0n) is 8.01.